The van der Waals surface area contributed by atoms with Crippen LogP contribution in [0.5, 0.6) is 0 Å². The molecule has 0 unspecified atom stereocenters. The number of hydrogen-bond donors (Lipinski definition) is 0. The fourth-order valence-electron chi connectivity index (χ4n) is 6.24. The lowest BCUT2D eigenvalue weighted by atomic mass is 9.97. The van der Waals surface area contributed by atoms with Crippen molar-refractivity contribution in [1.82, 2.24) is 9.97 Å². The van der Waals surface area contributed by atoms with E-state index in [0.29, 0.717) is 5.82 Å². The number of furan rings is 2. The van der Waals surface area contributed by atoms with Crippen LogP contribution in [-0.2, 0) is 0 Å². The van der Waals surface area contributed by atoms with Crippen molar-refractivity contribution >= 4 is 43.9 Å². The highest BCUT2D eigenvalue weighted by atomic mass is 16.3. The van der Waals surface area contributed by atoms with Crippen molar-refractivity contribution in [3.63, 3.8) is 0 Å². The molecule has 9 aromatic rings. The van der Waals surface area contributed by atoms with E-state index in [0.717, 1.165) is 83.1 Å². The number of fused-ring (bicyclic) bond motifs is 6. The van der Waals surface area contributed by atoms with Gasteiger partial charge in [-0.1, -0.05) is 109 Å². The molecular formula is C40H24N2O2. The molecule has 4 heteroatoms. The second-order valence-corrected chi connectivity index (χ2v) is 11.0. The Bertz CT molecular complexity index is 2430. The summed E-state index contributed by atoms with van der Waals surface area (Å²) < 4.78 is 12.8. The molecule has 0 spiro atoms. The zero-order valence-corrected chi connectivity index (χ0v) is 23.6. The van der Waals surface area contributed by atoms with Crippen molar-refractivity contribution in [3.8, 4) is 45.0 Å². The zero-order chi connectivity index (χ0) is 29.0. The smallest absolute Gasteiger partial charge is 0.160 e. The molecule has 0 amide bonds. The zero-order valence-electron chi connectivity index (χ0n) is 23.6. The van der Waals surface area contributed by atoms with Gasteiger partial charge in [0.1, 0.15) is 22.3 Å². The first-order valence-corrected chi connectivity index (χ1v) is 14.7. The van der Waals surface area contributed by atoms with Crippen LogP contribution in [0.3, 0.4) is 0 Å². The molecular weight excluding hydrogens is 540 g/mol. The molecule has 0 saturated heterocycles. The number of nitrogens with zero attached hydrogens (tertiary/aromatic N) is 2. The van der Waals surface area contributed by atoms with Crippen molar-refractivity contribution < 1.29 is 8.83 Å². The summed E-state index contributed by atoms with van der Waals surface area (Å²) in [6, 6.07) is 49.6. The van der Waals surface area contributed by atoms with Gasteiger partial charge in [0, 0.05) is 43.8 Å². The van der Waals surface area contributed by atoms with Gasteiger partial charge in [0.05, 0.1) is 11.4 Å². The highest BCUT2D eigenvalue weighted by Gasteiger charge is 2.18. The van der Waals surface area contributed by atoms with E-state index in [1.807, 2.05) is 72.8 Å². The van der Waals surface area contributed by atoms with Crippen molar-refractivity contribution in [1.29, 1.82) is 0 Å². The average molecular weight is 565 g/mol. The van der Waals surface area contributed by atoms with Gasteiger partial charge in [0.15, 0.2) is 5.82 Å². The second-order valence-electron chi connectivity index (χ2n) is 11.0. The lowest BCUT2D eigenvalue weighted by molar-refractivity contribution is 0.668. The maximum atomic E-state index is 6.59. The Labute approximate surface area is 252 Å². The van der Waals surface area contributed by atoms with Gasteiger partial charge >= 0.3 is 0 Å². The molecule has 0 bridgehead atoms. The quantitative estimate of drug-likeness (QED) is 0.213. The molecule has 4 nitrogen and oxygen atoms in total. The second kappa shape index (κ2) is 9.79. The summed E-state index contributed by atoms with van der Waals surface area (Å²) in [6.07, 6.45) is 0. The predicted octanol–water partition coefficient (Wildman–Crippen LogP) is 10.9. The summed E-state index contributed by atoms with van der Waals surface area (Å²) in [6.45, 7) is 0. The number of benzene rings is 6. The third-order valence-corrected chi connectivity index (χ3v) is 8.31. The summed E-state index contributed by atoms with van der Waals surface area (Å²) in [7, 11) is 0. The normalized spacial score (nSPS) is 11.6. The minimum absolute atomic E-state index is 0.696. The summed E-state index contributed by atoms with van der Waals surface area (Å²) >= 11 is 0. The van der Waals surface area contributed by atoms with Gasteiger partial charge in [-0.2, -0.15) is 0 Å². The SMILES string of the molecule is c1ccc(-c2cc(-c3ccc4oc5c(-c6cccc7oc8ccccc8c67)cccc5c4c3)nc(-c3ccccc3)n2)cc1. The first-order valence-electron chi connectivity index (χ1n) is 14.7. The number of rotatable bonds is 4. The van der Waals surface area contributed by atoms with E-state index in [-0.39, 0.29) is 0 Å². The van der Waals surface area contributed by atoms with Gasteiger partial charge in [0.25, 0.3) is 0 Å². The van der Waals surface area contributed by atoms with Gasteiger partial charge in [-0.25, -0.2) is 9.97 Å². The van der Waals surface area contributed by atoms with Crippen molar-refractivity contribution in [2.24, 2.45) is 0 Å². The molecule has 0 saturated carbocycles. The molecule has 3 heterocycles. The molecule has 44 heavy (non-hydrogen) atoms. The fourth-order valence-corrected chi connectivity index (χ4v) is 6.24. The van der Waals surface area contributed by atoms with Gasteiger partial charge < -0.3 is 8.83 Å². The Morgan fingerprint density at radius 1 is 0.386 bits per heavy atom. The van der Waals surface area contributed by atoms with Gasteiger partial charge in [0.2, 0.25) is 0 Å². The molecule has 206 valence electrons. The van der Waals surface area contributed by atoms with Crippen LogP contribution in [0.2, 0.25) is 0 Å². The maximum absolute atomic E-state index is 6.59. The summed E-state index contributed by atoms with van der Waals surface area (Å²) in [5, 5.41) is 4.30. The van der Waals surface area contributed by atoms with E-state index in [2.05, 4.69) is 72.8 Å². The van der Waals surface area contributed by atoms with Crippen molar-refractivity contribution in [2.75, 3.05) is 0 Å². The summed E-state index contributed by atoms with van der Waals surface area (Å²) in [4.78, 5) is 9.99. The van der Waals surface area contributed by atoms with E-state index in [1.54, 1.807) is 0 Å². The minimum atomic E-state index is 0.696. The standard InChI is InChI=1S/C40H24N2O2/c1-3-11-25(12-4-1)33-24-34(42-40(41-33)26-13-5-2-6-14-26)27-21-22-36-32(23-27)30-18-9-17-29(39(30)44-36)28-16-10-20-37-38(28)31-15-7-8-19-35(31)43-37/h1-24H. The molecule has 0 radical (unpaired) electrons. The molecule has 9 rings (SSSR count). The molecule has 0 aliphatic rings. The number of aromatic nitrogens is 2. The van der Waals surface area contributed by atoms with Gasteiger partial charge in [-0.05, 0) is 42.0 Å². The first-order chi connectivity index (χ1) is 21.8. The molecule has 0 aliphatic carbocycles. The lowest BCUT2D eigenvalue weighted by Crippen LogP contribution is -1.95. The highest BCUT2D eigenvalue weighted by molar-refractivity contribution is 6.17. The van der Waals surface area contributed by atoms with Crippen LogP contribution in [0.25, 0.3) is 88.9 Å². The Morgan fingerprint density at radius 3 is 1.86 bits per heavy atom. The van der Waals surface area contributed by atoms with Gasteiger partial charge in [-0.15, -0.1) is 0 Å². The largest absolute Gasteiger partial charge is 0.456 e. The average Bonchev–Trinajstić information content (AvgIpc) is 3.67. The summed E-state index contributed by atoms with van der Waals surface area (Å²) in [5.41, 5.74) is 10.3. The van der Waals surface area contributed by atoms with Crippen molar-refractivity contribution in [3.05, 3.63) is 146 Å². The Morgan fingerprint density at radius 2 is 1.02 bits per heavy atom. The molecule has 0 N–H and O–H groups in total. The number of para-hydroxylation sites is 2. The van der Waals surface area contributed by atoms with Gasteiger partial charge in [-0.3, -0.25) is 0 Å². The molecule has 0 fully saturated rings. The Kier molecular flexibility index (Phi) is 5.47. The molecule has 6 aromatic carbocycles. The van der Waals surface area contributed by atoms with E-state index in [1.165, 1.54) is 0 Å². The van der Waals surface area contributed by atoms with E-state index in [4.69, 9.17) is 18.8 Å². The minimum Gasteiger partial charge on any atom is -0.456 e. The van der Waals surface area contributed by atoms with E-state index >= 15 is 0 Å². The van der Waals surface area contributed by atoms with Crippen LogP contribution in [0.4, 0.5) is 0 Å². The molecule has 0 atom stereocenters. The fraction of sp³-hybridized carbons (Fsp3) is 0. The van der Waals surface area contributed by atoms with Crippen LogP contribution in [0.1, 0.15) is 0 Å². The number of hydrogen-bond acceptors (Lipinski definition) is 4. The van der Waals surface area contributed by atoms with Crippen molar-refractivity contribution in [2.45, 2.75) is 0 Å². The monoisotopic (exact) mass is 564 g/mol. The molecule has 0 aliphatic heterocycles. The Balaban J connectivity index is 1.24. The van der Waals surface area contributed by atoms with E-state index in [9.17, 15) is 0 Å². The van der Waals surface area contributed by atoms with Crippen LogP contribution < -0.4 is 0 Å². The maximum Gasteiger partial charge on any atom is 0.160 e. The van der Waals surface area contributed by atoms with Crippen LogP contribution >= 0.6 is 0 Å². The van der Waals surface area contributed by atoms with Crippen LogP contribution in [-0.4, -0.2) is 9.97 Å². The predicted molar refractivity (Wildman–Crippen MR) is 178 cm³/mol. The topological polar surface area (TPSA) is 52.1 Å². The third-order valence-electron chi connectivity index (χ3n) is 8.31. The first kappa shape index (κ1) is 24.6. The van der Waals surface area contributed by atoms with Crippen LogP contribution in [0.15, 0.2) is 154 Å². The van der Waals surface area contributed by atoms with Crippen LogP contribution in [0, 0.1) is 0 Å². The Hall–Kier alpha value is -6.00. The summed E-state index contributed by atoms with van der Waals surface area (Å²) in [5.74, 6) is 0.696. The lowest BCUT2D eigenvalue weighted by Gasteiger charge is -2.09. The highest BCUT2D eigenvalue weighted by Crippen LogP contribution is 2.42. The molecule has 3 aromatic heterocycles. The van der Waals surface area contributed by atoms with E-state index < -0.39 is 0 Å². The third kappa shape index (κ3) is 3.92.